The maximum atomic E-state index is 6.25. The molecule has 1 unspecified atom stereocenters. The maximum absolute atomic E-state index is 6.25. The van der Waals surface area contributed by atoms with Gasteiger partial charge in [-0.2, -0.15) is 0 Å². The number of nitrogens with zero attached hydrogens (tertiary/aromatic N) is 3. The van der Waals surface area contributed by atoms with Crippen LogP contribution >= 0.6 is 0 Å². The molecule has 0 bridgehead atoms. The van der Waals surface area contributed by atoms with Crippen molar-refractivity contribution in [2.45, 2.75) is 65.0 Å². The van der Waals surface area contributed by atoms with Crippen LogP contribution in [0.4, 0.5) is 0 Å². The third kappa shape index (κ3) is 2.68. The normalized spacial score (nSPS) is 19.1. The van der Waals surface area contributed by atoms with Gasteiger partial charge in [0, 0.05) is 6.04 Å². The molecule has 1 fully saturated rings. The number of hydrogen-bond acceptors (Lipinski definition) is 3. The Hall–Kier alpha value is -0.900. The molecule has 0 spiro atoms. The van der Waals surface area contributed by atoms with E-state index in [2.05, 4.69) is 28.6 Å². The van der Waals surface area contributed by atoms with Crippen LogP contribution in [0.15, 0.2) is 0 Å². The number of aromatic nitrogens is 3. The summed E-state index contributed by atoms with van der Waals surface area (Å²) in [6.45, 7) is 6.43. The Kier molecular flexibility index (Phi) is 3.82. The van der Waals surface area contributed by atoms with E-state index < -0.39 is 0 Å². The summed E-state index contributed by atoms with van der Waals surface area (Å²) in [6.07, 6.45) is 6.12. The van der Waals surface area contributed by atoms with Gasteiger partial charge >= 0.3 is 0 Å². The smallest absolute Gasteiger partial charge is 0.150 e. The van der Waals surface area contributed by atoms with Crippen LogP contribution in [0.25, 0.3) is 0 Å². The zero-order valence-electron chi connectivity index (χ0n) is 11.2. The van der Waals surface area contributed by atoms with E-state index in [-0.39, 0.29) is 6.04 Å². The summed E-state index contributed by atoms with van der Waals surface area (Å²) in [4.78, 5) is 0. The van der Waals surface area contributed by atoms with Gasteiger partial charge in [-0.15, -0.1) is 10.2 Å². The average Bonchev–Trinajstić information content (AvgIpc) is 2.84. The molecule has 4 heteroatoms. The lowest BCUT2D eigenvalue weighted by molar-refractivity contribution is 0.432. The summed E-state index contributed by atoms with van der Waals surface area (Å²) in [5.74, 6) is 2.60. The van der Waals surface area contributed by atoms with Crippen LogP contribution in [-0.4, -0.2) is 14.8 Å². The lowest BCUT2D eigenvalue weighted by atomic mass is 10.0. The van der Waals surface area contributed by atoms with Crippen LogP contribution < -0.4 is 5.73 Å². The molecule has 17 heavy (non-hydrogen) atoms. The molecule has 0 radical (unpaired) electrons. The van der Waals surface area contributed by atoms with Gasteiger partial charge in [0.15, 0.2) is 0 Å². The molecule has 1 saturated carbocycles. The molecule has 1 aliphatic carbocycles. The Morgan fingerprint density at radius 1 is 1.29 bits per heavy atom. The highest BCUT2D eigenvalue weighted by molar-refractivity contribution is 5.03. The minimum Gasteiger partial charge on any atom is -0.321 e. The van der Waals surface area contributed by atoms with Crippen molar-refractivity contribution in [3.63, 3.8) is 0 Å². The summed E-state index contributed by atoms with van der Waals surface area (Å²) >= 11 is 0. The van der Waals surface area contributed by atoms with Crippen molar-refractivity contribution >= 4 is 0 Å². The Bertz CT molecular complexity index is 363. The summed E-state index contributed by atoms with van der Waals surface area (Å²) < 4.78 is 2.29. The van der Waals surface area contributed by atoms with Gasteiger partial charge in [0.1, 0.15) is 11.6 Å². The number of nitrogens with two attached hydrogens (primary N) is 1. The molecule has 1 aromatic rings. The van der Waals surface area contributed by atoms with Crippen molar-refractivity contribution in [2.75, 3.05) is 0 Å². The van der Waals surface area contributed by atoms with Crippen LogP contribution in [-0.2, 0) is 0 Å². The zero-order valence-corrected chi connectivity index (χ0v) is 11.2. The van der Waals surface area contributed by atoms with E-state index in [4.69, 9.17) is 5.73 Å². The van der Waals surface area contributed by atoms with E-state index in [1.807, 2.05) is 6.92 Å². The minimum absolute atomic E-state index is 0.0248. The van der Waals surface area contributed by atoms with E-state index in [1.165, 1.54) is 25.7 Å². The second kappa shape index (κ2) is 5.17. The van der Waals surface area contributed by atoms with E-state index in [1.54, 1.807) is 0 Å². The number of rotatable bonds is 4. The fourth-order valence-electron chi connectivity index (χ4n) is 2.87. The fourth-order valence-corrected chi connectivity index (χ4v) is 2.87. The lowest BCUT2D eigenvalue weighted by Crippen LogP contribution is -2.21. The highest BCUT2D eigenvalue weighted by Gasteiger charge is 2.25. The van der Waals surface area contributed by atoms with Crippen molar-refractivity contribution in [2.24, 2.45) is 11.7 Å². The van der Waals surface area contributed by atoms with E-state index in [9.17, 15) is 0 Å². The van der Waals surface area contributed by atoms with Gasteiger partial charge in [0.05, 0.1) is 6.04 Å². The van der Waals surface area contributed by atoms with Crippen LogP contribution in [0.5, 0.6) is 0 Å². The number of hydrogen-bond donors (Lipinski definition) is 1. The molecular formula is C13H24N4. The van der Waals surface area contributed by atoms with Crippen LogP contribution in [0.2, 0.25) is 0 Å². The van der Waals surface area contributed by atoms with Gasteiger partial charge in [-0.1, -0.05) is 26.7 Å². The van der Waals surface area contributed by atoms with Gasteiger partial charge in [-0.05, 0) is 32.1 Å². The molecule has 1 heterocycles. The Balaban J connectivity index is 2.21. The van der Waals surface area contributed by atoms with E-state index >= 15 is 0 Å². The van der Waals surface area contributed by atoms with E-state index in [0.29, 0.717) is 12.0 Å². The van der Waals surface area contributed by atoms with Crippen LogP contribution in [0.1, 0.15) is 69.7 Å². The first-order valence-corrected chi connectivity index (χ1v) is 6.76. The third-order valence-electron chi connectivity index (χ3n) is 3.64. The maximum Gasteiger partial charge on any atom is 0.150 e. The summed E-state index contributed by atoms with van der Waals surface area (Å²) in [6, 6.07) is 0.606. The summed E-state index contributed by atoms with van der Waals surface area (Å²) in [7, 11) is 0. The second-order valence-corrected chi connectivity index (χ2v) is 5.65. The Labute approximate surface area is 104 Å². The fraction of sp³-hybridized carbons (Fsp3) is 0.846. The van der Waals surface area contributed by atoms with Crippen molar-refractivity contribution in [3.8, 4) is 0 Å². The van der Waals surface area contributed by atoms with Crippen LogP contribution in [0, 0.1) is 12.8 Å². The molecule has 96 valence electrons. The van der Waals surface area contributed by atoms with Crippen molar-refractivity contribution in [1.82, 2.24) is 14.8 Å². The molecule has 4 nitrogen and oxygen atoms in total. The first-order valence-electron chi connectivity index (χ1n) is 6.76. The highest BCUT2D eigenvalue weighted by atomic mass is 15.3. The van der Waals surface area contributed by atoms with Gasteiger partial charge in [0.25, 0.3) is 0 Å². The molecule has 1 aromatic heterocycles. The molecule has 0 saturated heterocycles. The van der Waals surface area contributed by atoms with Crippen molar-refractivity contribution in [1.29, 1.82) is 0 Å². The van der Waals surface area contributed by atoms with Crippen LogP contribution in [0.3, 0.4) is 0 Å². The van der Waals surface area contributed by atoms with Gasteiger partial charge in [-0.25, -0.2) is 0 Å². The molecule has 0 aliphatic heterocycles. The highest BCUT2D eigenvalue weighted by Crippen LogP contribution is 2.32. The molecule has 2 rings (SSSR count). The first kappa shape index (κ1) is 12.6. The van der Waals surface area contributed by atoms with Gasteiger partial charge in [0.2, 0.25) is 0 Å². The predicted molar refractivity (Wildman–Crippen MR) is 68.6 cm³/mol. The zero-order chi connectivity index (χ0) is 12.4. The Morgan fingerprint density at radius 3 is 2.53 bits per heavy atom. The molecule has 2 N–H and O–H groups in total. The van der Waals surface area contributed by atoms with Gasteiger partial charge in [-0.3, -0.25) is 0 Å². The molecule has 0 amide bonds. The topological polar surface area (TPSA) is 56.7 Å². The first-order chi connectivity index (χ1) is 8.09. The van der Waals surface area contributed by atoms with Gasteiger partial charge < -0.3 is 10.3 Å². The number of aryl methyl sites for hydroxylation is 1. The third-order valence-corrected chi connectivity index (χ3v) is 3.64. The largest absolute Gasteiger partial charge is 0.321 e. The SMILES string of the molecule is Cc1nnc(C(N)CC(C)C)n1C1CCCC1. The van der Waals surface area contributed by atoms with Crippen molar-refractivity contribution < 1.29 is 0 Å². The monoisotopic (exact) mass is 236 g/mol. The second-order valence-electron chi connectivity index (χ2n) is 5.65. The lowest BCUT2D eigenvalue weighted by Gasteiger charge is -2.20. The quantitative estimate of drug-likeness (QED) is 0.874. The standard InChI is InChI=1S/C13H24N4/c1-9(2)8-12(14)13-16-15-10(3)17(13)11-6-4-5-7-11/h9,11-12H,4-8,14H2,1-3H3. The minimum atomic E-state index is 0.0248. The molecular weight excluding hydrogens is 212 g/mol. The molecule has 1 atom stereocenters. The predicted octanol–water partition coefficient (Wildman–Crippen LogP) is 2.75. The summed E-state index contributed by atoms with van der Waals surface area (Å²) in [5.41, 5.74) is 6.25. The average molecular weight is 236 g/mol. The molecule has 1 aliphatic rings. The van der Waals surface area contributed by atoms with E-state index in [0.717, 1.165) is 18.1 Å². The Morgan fingerprint density at radius 2 is 1.94 bits per heavy atom. The molecule has 0 aromatic carbocycles. The van der Waals surface area contributed by atoms with Crippen molar-refractivity contribution in [3.05, 3.63) is 11.6 Å². The summed E-state index contributed by atoms with van der Waals surface area (Å²) in [5, 5.41) is 8.52.